The van der Waals surface area contributed by atoms with Crippen molar-refractivity contribution in [2.75, 3.05) is 33.3 Å². The Balaban J connectivity index is 0.00000242. The molecule has 0 unspecified atom stereocenters. The average Bonchev–Trinajstić information content (AvgIpc) is 2.49. The number of ether oxygens (including phenoxy) is 1. The van der Waals surface area contributed by atoms with Crippen molar-refractivity contribution < 1.29 is 14.6 Å². The van der Waals surface area contributed by atoms with E-state index in [0.717, 1.165) is 57.7 Å². The van der Waals surface area contributed by atoms with Crippen molar-refractivity contribution in [3.05, 3.63) is 0 Å². The zero-order chi connectivity index (χ0) is 15.3. The van der Waals surface area contributed by atoms with Crippen LogP contribution in [0.2, 0.25) is 0 Å². The molecule has 1 saturated carbocycles. The van der Waals surface area contributed by atoms with E-state index in [-0.39, 0.29) is 35.9 Å². The first kappa shape index (κ1) is 19.5. The minimum atomic E-state index is -0.592. The molecule has 2 rings (SSSR count). The molecule has 0 aromatic rings. The molecule has 0 spiro atoms. The Bertz CT molecular complexity index is 391. The van der Waals surface area contributed by atoms with Gasteiger partial charge in [-0.15, -0.1) is 24.0 Å². The lowest BCUT2D eigenvalue weighted by Crippen LogP contribution is -2.48. The number of nitrogens with zero attached hydrogens (tertiary/aromatic N) is 2. The number of aliphatic hydroxyl groups is 1. The van der Waals surface area contributed by atoms with Gasteiger partial charge >= 0.3 is 5.97 Å². The van der Waals surface area contributed by atoms with E-state index in [4.69, 9.17) is 4.74 Å². The normalized spacial score (nSPS) is 21.6. The van der Waals surface area contributed by atoms with Gasteiger partial charge in [-0.05, 0) is 39.0 Å². The first-order valence-corrected chi connectivity index (χ1v) is 7.91. The van der Waals surface area contributed by atoms with E-state index >= 15 is 0 Å². The number of carbonyl (C=O) groups excluding carboxylic acids is 1. The van der Waals surface area contributed by atoms with Gasteiger partial charge in [-0.2, -0.15) is 0 Å². The topological polar surface area (TPSA) is 74.2 Å². The summed E-state index contributed by atoms with van der Waals surface area (Å²) in [5, 5.41) is 13.4. The van der Waals surface area contributed by atoms with Gasteiger partial charge < -0.3 is 20.1 Å². The highest BCUT2D eigenvalue weighted by molar-refractivity contribution is 14.0. The van der Waals surface area contributed by atoms with Gasteiger partial charge in [0.15, 0.2) is 5.96 Å². The fourth-order valence-electron chi connectivity index (χ4n) is 2.88. The second-order valence-electron chi connectivity index (χ2n) is 6.03. The lowest BCUT2D eigenvalue weighted by molar-refractivity contribution is -0.146. The second-order valence-corrected chi connectivity index (χ2v) is 6.03. The standard InChI is InChI=1S/C15H27N3O3.HI/c1-3-16-14(17-11-15(20)7-4-8-15)18-9-5-12(6-10-18)13(19)21-2;/h12,20H,3-11H2,1-2H3,(H,16,17);1H. The summed E-state index contributed by atoms with van der Waals surface area (Å²) in [6.07, 6.45) is 4.37. The Morgan fingerprint density at radius 1 is 1.41 bits per heavy atom. The third-order valence-corrected chi connectivity index (χ3v) is 4.47. The number of hydrogen-bond donors (Lipinski definition) is 2. The predicted molar refractivity (Wildman–Crippen MR) is 96.5 cm³/mol. The van der Waals surface area contributed by atoms with E-state index in [1.54, 1.807) is 0 Å². The van der Waals surface area contributed by atoms with Crippen molar-refractivity contribution in [3.63, 3.8) is 0 Å². The van der Waals surface area contributed by atoms with Crippen molar-refractivity contribution in [1.29, 1.82) is 0 Å². The van der Waals surface area contributed by atoms with Crippen LogP contribution in [-0.4, -0.2) is 60.8 Å². The number of aliphatic imine (C=N–C) groups is 1. The van der Waals surface area contributed by atoms with Crippen molar-refractivity contribution in [1.82, 2.24) is 10.2 Å². The number of hydrogen-bond acceptors (Lipinski definition) is 4. The third kappa shape index (κ3) is 4.97. The van der Waals surface area contributed by atoms with Crippen LogP contribution in [0.15, 0.2) is 4.99 Å². The Morgan fingerprint density at radius 2 is 2.05 bits per heavy atom. The number of rotatable bonds is 4. The number of methoxy groups -OCH3 is 1. The molecule has 0 radical (unpaired) electrons. The SMILES string of the molecule is CCNC(=NCC1(O)CCC1)N1CCC(C(=O)OC)CC1.I. The Kier molecular flexibility index (Phi) is 7.88. The molecule has 1 saturated heterocycles. The minimum Gasteiger partial charge on any atom is -0.469 e. The maximum Gasteiger partial charge on any atom is 0.308 e. The Morgan fingerprint density at radius 3 is 2.50 bits per heavy atom. The number of guanidine groups is 1. The van der Waals surface area contributed by atoms with E-state index in [9.17, 15) is 9.90 Å². The van der Waals surface area contributed by atoms with Gasteiger partial charge in [-0.25, -0.2) is 0 Å². The van der Waals surface area contributed by atoms with E-state index < -0.39 is 5.60 Å². The van der Waals surface area contributed by atoms with Gasteiger partial charge in [0.1, 0.15) is 0 Å². The summed E-state index contributed by atoms with van der Waals surface area (Å²) in [4.78, 5) is 18.3. The monoisotopic (exact) mass is 425 g/mol. The summed E-state index contributed by atoms with van der Waals surface area (Å²) in [6.45, 7) is 4.89. The molecule has 0 aromatic heterocycles. The zero-order valence-corrected chi connectivity index (χ0v) is 15.8. The van der Waals surface area contributed by atoms with E-state index in [1.165, 1.54) is 7.11 Å². The molecule has 7 heteroatoms. The molecule has 2 aliphatic rings. The van der Waals surface area contributed by atoms with Crippen LogP contribution in [0.1, 0.15) is 39.0 Å². The molecule has 0 amide bonds. The van der Waals surface area contributed by atoms with Crippen LogP contribution in [0.3, 0.4) is 0 Å². The van der Waals surface area contributed by atoms with Crippen LogP contribution in [0, 0.1) is 5.92 Å². The summed E-state index contributed by atoms with van der Waals surface area (Å²) in [5.74, 6) is 0.742. The van der Waals surface area contributed by atoms with Gasteiger partial charge in [0.2, 0.25) is 0 Å². The van der Waals surface area contributed by atoms with Gasteiger partial charge in [-0.1, -0.05) is 0 Å². The molecule has 128 valence electrons. The summed E-state index contributed by atoms with van der Waals surface area (Å²) < 4.78 is 4.81. The van der Waals surface area contributed by atoms with Crippen LogP contribution in [0.5, 0.6) is 0 Å². The predicted octanol–water partition coefficient (Wildman–Crippen LogP) is 1.37. The van der Waals surface area contributed by atoms with Gasteiger partial charge in [-0.3, -0.25) is 9.79 Å². The van der Waals surface area contributed by atoms with E-state index in [2.05, 4.69) is 15.2 Å². The molecule has 0 bridgehead atoms. The smallest absolute Gasteiger partial charge is 0.308 e. The van der Waals surface area contributed by atoms with Gasteiger partial charge in [0.05, 0.1) is 25.2 Å². The summed E-state index contributed by atoms with van der Waals surface area (Å²) in [6, 6.07) is 0. The maximum atomic E-state index is 11.6. The number of carbonyl (C=O) groups is 1. The molecule has 22 heavy (non-hydrogen) atoms. The van der Waals surface area contributed by atoms with E-state index in [0.29, 0.717) is 6.54 Å². The van der Waals surface area contributed by atoms with Crippen LogP contribution >= 0.6 is 24.0 Å². The highest BCUT2D eigenvalue weighted by Crippen LogP contribution is 2.31. The second kappa shape index (κ2) is 8.90. The average molecular weight is 425 g/mol. The van der Waals surface area contributed by atoms with Gasteiger partial charge in [0, 0.05) is 19.6 Å². The highest BCUT2D eigenvalue weighted by Gasteiger charge is 2.34. The first-order valence-electron chi connectivity index (χ1n) is 7.91. The largest absolute Gasteiger partial charge is 0.469 e. The molecular weight excluding hydrogens is 397 g/mol. The number of likely N-dealkylation sites (tertiary alicyclic amines) is 1. The molecule has 1 aliphatic carbocycles. The van der Waals surface area contributed by atoms with Crippen LogP contribution < -0.4 is 5.32 Å². The third-order valence-electron chi connectivity index (χ3n) is 4.47. The summed E-state index contributed by atoms with van der Waals surface area (Å²) >= 11 is 0. The number of nitrogens with one attached hydrogen (secondary N) is 1. The van der Waals surface area contributed by atoms with Crippen molar-refractivity contribution in [2.45, 2.75) is 44.6 Å². The zero-order valence-electron chi connectivity index (χ0n) is 13.5. The molecule has 1 aliphatic heterocycles. The van der Waals surface area contributed by atoms with Crippen molar-refractivity contribution >= 4 is 35.9 Å². The quantitative estimate of drug-likeness (QED) is 0.308. The maximum absolute atomic E-state index is 11.6. The number of esters is 1. The first-order chi connectivity index (χ1) is 10.1. The van der Waals surface area contributed by atoms with Gasteiger partial charge in [0.25, 0.3) is 0 Å². The minimum absolute atomic E-state index is 0. The van der Waals surface area contributed by atoms with Crippen LogP contribution in [-0.2, 0) is 9.53 Å². The van der Waals surface area contributed by atoms with Crippen molar-refractivity contribution in [3.8, 4) is 0 Å². The number of halogens is 1. The van der Waals surface area contributed by atoms with Crippen molar-refractivity contribution in [2.24, 2.45) is 10.9 Å². The molecule has 2 N–H and O–H groups in total. The van der Waals surface area contributed by atoms with E-state index in [1.807, 2.05) is 6.92 Å². The summed E-state index contributed by atoms with van der Waals surface area (Å²) in [7, 11) is 1.44. The summed E-state index contributed by atoms with van der Waals surface area (Å²) in [5.41, 5.74) is -0.592. The molecular formula is C15H28IN3O3. The lowest BCUT2D eigenvalue weighted by atomic mass is 9.80. The molecule has 0 aromatic carbocycles. The van der Waals surface area contributed by atoms with Crippen LogP contribution in [0.4, 0.5) is 0 Å². The fourth-order valence-corrected chi connectivity index (χ4v) is 2.88. The fraction of sp³-hybridized carbons (Fsp3) is 0.867. The molecule has 2 fully saturated rings. The molecule has 6 nitrogen and oxygen atoms in total. The highest BCUT2D eigenvalue weighted by atomic mass is 127. The molecule has 1 heterocycles. The Hall–Kier alpha value is -0.570. The molecule has 0 atom stereocenters. The Labute approximate surface area is 149 Å². The van der Waals surface area contributed by atoms with Crippen LogP contribution in [0.25, 0.3) is 0 Å². The lowest BCUT2D eigenvalue weighted by Gasteiger charge is -2.37. The number of piperidine rings is 1.